The van der Waals surface area contributed by atoms with E-state index in [1.165, 1.54) is 18.9 Å². The number of sulfonamides is 1. The van der Waals surface area contributed by atoms with Gasteiger partial charge in [-0.1, -0.05) is 12.1 Å². The second-order valence-electron chi connectivity index (χ2n) is 11.2. The molecule has 6 nitrogen and oxygen atoms in total. The zero-order chi connectivity index (χ0) is 23.7. The van der Waals surface area contributed by atoms with Crippen LogP contribution in [0.5, 0.6) is 0 Å². The predicted molar refractivity (Wildman–Crippen MR) is 128 cm³/mol. The lowest BCUT2D eigenvalue weighted by Crippen LogP contribution is -2.56. The number of aromatic nitrogens is 2. The van der Waals surface area contributed by atoms with Gasteiger partial charge in [-0.3, -0.25) is 0 Å². The number of hydrogen-bond acceptors (Lipinski definition) is 4. The van der Waals surface area contributed by atoms with E-state index in [9.17, 15) is 17.9 Å². The molecule has 0 radical (unpaired) electrons. The van der Waals surface area contributed by atoms with E-state index >= 15 is 0 Å². The maximum Gasteiger partial charge on any atom is 0.211 e. The molecule has 4 aliphatic carbocycles. The number of hydrogen-bond donors (Lipinski definition) is 2. The Morgan fingerprint density at radius 3 is 2.76 bits per heavy atom. The molecule has 8 heteroatoms. The Balaban J connectivity index is 1.20. The number of rotatable bonds is 8. The van der Waals surface area contributed by atoms with Crippen LogP contribution in [0.3, 0.4) is 0 Å². The Labute approximate surface area is 201 Å². The van der Waals surface area contributed by atoms with Crippen LogP contribution in [0.15, 0.2) is 30.7 Å². The molecule has 2 aromatic rings. The summed E-state index contributed by atoms with van der Waals surface area (Å²) < 4.78 is 43.4. The van der Waals surface area contributed by atoms with Gasteiger partial charge in [0.1, 0.15) is 5.82 Å². The Hall–Kier alpha value is -1.77. The summed E-state index contributed by atoms with van der Waals surface area (Å²) in [6.45, 7) is 2.17. The highest BCUT2D eigenvalue weighted by Gasteiger charge is 2.57. The van der Waals surface area contributed by atoms with E-state index in [1.807, 2.05) is 10.6 Å². The van der Waals surface area contributed by atoms with Gasteiger partial charge in [-0.05, 0) is 87.0 Å². The number of aliphatic hydroxyl groups is 1. The molecular weight excluding hydrogens is 453 g/mol. The molecule has 1 aromatic heterocycles. The van der Waals surface area contributed by atoms with E-state index in [4.69, 9.17) is 0 Å². The van der Waals surface area contributed by atoms with Crippen molar-refractivity contribution in [3.8, 4) is 11.3 Å². The first-order valence-corrected chi connectivity index (χ1v) is 14.4. The summed E-state index contributed by atoms with van der Waals surface area (Å²) in [5.74, 6) is 2.17. The minimum Gasteiger partial charge on any atom is -0.392 e. The summed E-state index contributed by atoms with van der Waals surface area (Å²) in [5, 5.41) is 11.7. The molecule has 0 spiro atoms. The quantitative estimate of drug-likeness (QED) is 0.587. The fraction of sp³-hybridized carbons (Fsp3) is 0.654. The first-order chi connectivity index (χ1) is 16.3. The van der Waals surface area contributed by atoms with Crippen LogP contribution >= 0.6 is 0 Å². The molecule has 0 saturated heterocycles. The molecule has 2 heterocycles. The van der Waals surface area contributed by atoms with Gasteiger partial charge in [-0.2, -0.15) is 0 Å². The molecular formula is C26H34FN3O3S. The standard InChI is InChI=1S/C26H34FN3O3S/c1-2-34(32,33)29-7-6-19-17-8-16-9-18(19)13-26(11-16,12-17)24(31)10-22-25-20(4-3-5-21(25)27)23-14-28-15-30(22)23/h3-5,14-19,22,24,29,31H,2,6-13H2,1H3. The van der Waals surface area contributed by atoms with Crippen molar-refractivity contribution in [3.63, 3.8) is 0 Å². The van der Waals surface area contributed by atoms with Gasteiger partial charge >= 0.3 is 0 Å². The van der Waals surface area contributed by atoms with Crippen molar-refractivity contribution in [1.29, 1.82) is 0 Å². The van der Waals surface area contributed by atoms with Crippen molar-refractivity contribution >= 4 is 10.0 Å². The van der Waals surface area contributed by atoms with E-state index in [0.29, 0.717) is 42.2 Å². The van der Waals surface area contributed by atoms with Crippen LogP contribution in [0.1, 0.15) is 63.5 Å². The normalized spacial score (nSPS) is 34.3. The Bertz CT molecular complexity index is 1180. The fourth-order valence-corrected chi connectivity index (χ4v) is 8.88. The van der Waals surface area contributed by atoms with Gasteiger partial charge in [-0.15, -0.1) is 0 Å². The summed E-state index contributed by atoms with van der Waals surface area (Å²) in [7, 11) is -3.16. The second-order valence-corrected chi connectivity index (χ2v) is 13.3. The molecule has 5 aliphatic rings. The maximum absolute atomic E-state index is 14.9. The molecule has 1 aromatic carbocycles. The highest BCUT2D eigenvalue weighted by atomic mass is 32.2. The minimum atomic E-state index is -3.16. The van der Waals surface area contributed by atoms with Gasteiger partial charge in [0.2, 0.25) is 10.0 Å². The maximum atomic E-state index is 14.9. The molecule has 4 saturated carbocycles. The largest absolute Gasteiger partial charge is 0.392 e. The summed E-state index contributed by atoms with van der Waals surface area (Å²) in [4.78, 5) is 4.29. The van der Waals surface area contributed by atoms with Gasteiger partial charge < -0.3 is 9.67 Å². The number of fused-ring (bicyclic) bond motifs is 3. The van der Waals surface area contributed by atoms with Crippen LogP contribution in [0.25, 0.3) is 11.3 Å². The first kappa shape index (κ1) is 22.7. The molecule has 4 atom stereocenters. The van der Waals surface area contributed by atoms with Crippen molar-refractivity contribution in [2.75, 3.05) is 12.3 Å². The summed E-state index contributed by atoms with van der Waals surface area (Å²) in [6.07, 6.45) is 9.89. The number of halogens is 1. The monoisotopic (exact) mass is 487 g/mol. The highest BCUT2D eigenvalue weighted by Crippen LogP contribution is 2.64. The van der Waals surface area contributed by atoms with E-state index in [-0.39, 0.29) is 23.0 Å². The first-order valence-electron chi connectivity index (χ1n) is 12.8. The van der Waals surface area contributed by atoms with E-state index < -0.39 is 16.1 Å². The zero-order valence-corrected chi connectivity index (χ0v) is 20.5. The number of aliphatic hydroxyl groups excluding tert-OH is 1. The fourth-order valence-electron chi connectivity index (χ4n) is 8.25. The lowest BCUT2D eigenvalue weighted by Gasteiger charge is -2.62. The van der Waals surface area contributed by atoms with Crippen molar-refractivity contribution in [2.45, 2.75) is 64.0 Å². The number of imidazole rings is 1. The van der Waals surface area contributed by atoms with Crippen molar-refractivity contribution < 1.29 is 17.9 Å². The van der Waals surface area contributed by atoms with Crippen LogP contribution in [-0.2, 0) is 10.0 Å². The smallest absolute Gasteiger partial charge is 0.211 e. The predicted octanol–water partition coefficient (Wildman–Crippen LogP) is 4.11. The Morgan fingerprint density at radius 1 is 1.26 bits per heavy atom. The molecule has 2 N–H and O–H groups in total. The average Bonchev–Trinajstić information content (AvgIpc) is 3.38. The summed E-state index contributed by atoms with van der Waals surface area (Å²) in [6, 6.07) is 4.97. The molecule has 184 valence electrons. The molecule has 7 rings (SSSR count). The van der Waals surface area contributed by atoms with E-state index in [1.54, 1.807) is 25.5 Å². The van der Waals surface area contributed by atoms with Crippen molar-refractivity contribution in [1.82, 2.24) is 14.3 Å². The van der Waals surface area contributed by atoms with Crippen LogP contribution in [0.2, 0.25) is 0 Å². The molecule has 4 unspecified atom stereocenters. The number of nitrogens with one attached hydrogen (secondary N) is 1. The summed E-state index contributed by atoms with van der Waals surface area (Å²) in [5.41, 5.74) is 2.39. The molecule has 4 fully saturated rings. The van der Waals surface area contributed by atoms with Gasteiger partial charge in [0.05, 0.1) is 36.1 Å². The number of nitrogens with zero attached hydrogens (tertiary/aromatic N) is 2. The van der Waals surface area contributed by atoms with Gasteiger partial charge in [0.15, 0.2) is 0 Å². The molecule has 34 heavy (non-hydrogen) atoms. The van der Waals surface area contributed by atoms with Crippen LogP contribution in [-0.4, -0.2) is 41.5 Å². The minimum absolute atomic E-state index is 0.106. The SMILES string of the molecule is CCS(=O)(=O)NCCC1C2CC3CC1CC(C(O)CC1c4c(F)cccc4-c4cncn41)(C3)C2. The van der Waals surface area contributed by atoms with Gasteiger partial charge in [0.25, 0.3) is 0 Å². The molecule has 0 amide bonds. The van der Waals surface area contributed by atoms with Crippen LogP contribution < -0.4 is 4.72 Å². The van der Waals surface area contributed by atoms with Crippen LogP contribution in [0.4, 0.5) is 4.39 Å². The van der Waals surface area contributed by atoms with Crippen molar-refractivity contribution in [2.24, 2.45) is 29.1 Å². The topological polar surface area (TPSA) is 84.2 Å². The Kier molecular flexibility index (Phi) is 5.43. The lowest BCUT2D eigenvalue weighted by molar-refractivity contribution is -0.151. The molecule has 1 aliphatic heterocycles. The molecule has 4 bridgehead atoms. The third-order valence-electron chi connectivity index (χ3n) is 9.51. The van der Waals surface area contributed by atoms with Crippen molar-refractivity contribution in [3.05, 3.63) is 42.1 Å². The average molecular weight is 488 g/mol. The lowest BCUT2D eigenvalue weighted by atomic mass is 9.44. The van der Waals surface area contributed by atoms with E-state index in [0.717, 1.165) is 36.9 Å². The van der Waals surface area contributed by atoms with Crippen LogP contribution in [0, 0.1) is 34.9 Å². The van der Waals surface area contributed by atoms with Gasteiger partial charge in [0, 0.05) is 17.7 Å². The Morgan fingerprint density at radius 2 is 2.03 bits per heavy atom. The zero-order valence-electron chi connectivity index (χ0n) is 19.7. The van der Waals surface area contributed by atoms with Gasteiger partial charge in [-0.25, -0.2) is 22.5 Å². The summed E-state index contributed by atoms with van der Waals surface area (Å²) >= 11 is 0. The highest BCUT2D eigenvalue weighted by molar-refractivity contribution is 7.89. The third kappa shape index (κ3) is 3.56. The number of benzene rings is 1. The van der Waals surface area contributed by atoms with E-state index in [2.05, 4.69) is 9.71 Å². The third-order valence-corrected chi connectivity index (χ3v) is 10.9. The second kappa shape index (κ2) is 8.14.